The SMILES string of the molecule is CC(C)CCc1nc2ccccc2n1CCn1c2ccccc2c2nc3ccccc3nc21. The molecular formula is C28H27N5. The highest BCUT2D eigenvalue weighted by Crippen LogP contribution is 2.28. The number of para-hydroxylation sites is 5. The van der Waals surface area contributed by atoms with Crippen LogP contribution >= 0.6 is 0 Å². The Hall–Kier alpha value is -3.73. The molecule has 0 fully saturated rings. The van der Waals surface area contributed by atoms with Crippen molar-refractivity contribution >= 4 is 44.1 Å². The largest absolute Gasteiger partial charge is 0.326 e. The number of benzene rings is 3. The zero-order chi connectivity index (χ0) is 22.4. The molecule has 0 spiro atoms. The van der Waals surface area contributed by atoms with Gasteiger partial charge in [-0.2, -0.15) is 0 Å². The Morgan fingerprint density at radius 1 is 0.667 bits per heavy atom. The van der Waals surface area contributed by atoms with Gasteiger partial charge in [0.05, 0.1) is 27.6 Å². The van der Waals surface area contributed by atoms with Gasteiger partial charge in [0.1, 0.15) is 11.3 Å². The second kappa shape index (κ2) is 8.00. The van der Waals surface area contributed by atoms with Gasteiger partial charge in [0, 0.05) is 24.9 Å². The lowest BCUT2D eigenvalue weighted by Crippen LogP contribution is -2.11. The summed E-state index contributed by atoms with van der Waals surface area (Å²) in [7, 11) is 0. The number of rotatable bonds is 6. The van der Waals surface area contributed by atoms with Crippen molar-refractivity contribution in [2.24, 2.45) is 5.92 Å². The van der Waals surface area contributed by atoms with E-state index in [-0.39, 0.29) is 0 Å². The van der Waals surface area contributed by atoms with Crippen LogP contribution in [0.1, 0.15) is 26.1 Å². The second-order valence-electron chi connectivity index (χ2n) is 9.15. The molecule has 0 N–H and O–H groups in total. The molecule has 0 aliphatic carbocycles. The van der Waals surface area contributed by atoms with E-state index in [1.807, 2.05) is 24.3 Å². The predicted molar refractivity (Wildman–Crippen MR) is 135 cm³/mol. The molecule has 0 saturated heterocycles. The molecule has 0 atom stereocenters. The van der Waals surface area contributed by atoms with E-state index >= 15 is 0 Å². The number of hydrogen-bond donors (Lipinski definition) is 0. The minimum absolute atomic E-state index is 0.652. The molecule has 164 valence electrons. The van der Waals surface area contributed by atoms with Crippen molar-refractivity contribution in [1.82, 2.24) is 24.1 Å². The van der Waals surface area contributed by atoms with Crippen LogP contribution in [0.15, 0.2) is 72.8 Å². The third-order valence-electron chi connectivity index (χ3n) is 6.48. The lowest BCUT2D eigenvalue weighted by molar-refractivity contribution is 0.539. The molecular weight excluding hydrogens is 406 g/mol. The van der Waals surface area contributed by atoms with Crippen LogP contribution in [0.2, 0.25) is 0 Å². The zero-order valence-corrected chi connectivity index (χ0v) is 19.1. The van der Waals surface area contributed by atoms with Crippen LogP contribution in [-0.2, 0) is 19.5 Å². The summed E-state index contributed by atoms with van der Waals surface area (Å²) < 4.78 is 4.72. The van der Waals surface area contributed by atoms with E-state index in [0.29, 0.717) is 5.92 Å². The third kappa shape index (κ3) is 3.44. The van der Waals surface area contributed by atoms with Gasteiger partial charge in [0.2, 0.25) is 0 Å². The van der Waals surface area contributed by atoms with Gasteiger partial charge in [0.15, 0.2) is 5.65 Å². The number of aromatic nitrogens is 5. The van der Waals surface area contributed by atoms with Crippen molar-refractivity contribution in [1.29, 1.82) is 0 Å². The number of imidazole rings is 1. The summed E-state index contributed by atoms with van der Waals surface area (Å²) in [5.41, 5.74) is 7.24. The Kier molecular flexibility index (Phi) is 4.83. The predicted octanol–water partition coefficient (Wildman–Crippen LogP) is 6.38. The van der Waals surface area contributed by atoms with E-state index in [0.717, 1.165) is 59.0 Å². The Morgan fingerprint density at radius 2 is 1.30 bits per heavy atom. The molecule has 0 unspecified atom stereocenters. The molecule has 0 radical (unpaired) electrons. The maximum atomic E-state index is 5.03. The molecule has 0 amide bonds. The summed E-state index contributed by atoms with van der Waals surface area (Å²) in [6.45, 7) is 6.20. The van der Waals surface area contributed by atoms with Crippen LogP contribution in [0.4, 0.5) is 0 Å². The van der Waals surface area contributed by atoms with Crippen LogP contribution < -0.4 is 0 Å². The van der Waals surface area contributed by atoms with E-state index in [1.165, 1.54) is 16.9 Å². The Morgan fingerprint density at radius 3 is 2.09 bits per heavy atom. The highest BCUT2D eigenvalue weighted by atomic mass is 15.1. The smallest absolute Gasteiger partial charge is 0.160 e. The van der Waals surface area contributed by atoms with E-state index in [2.05, 4.69) is 71.5 Å². The van der Waals surface area contributed by atoms with Crippen molar-refractivity contribution in [3.63, 3.8) is 0 Å². The zero-order valence-electron chi connectivity index (χ0n) is 19.1. The molecule has 3 aromatic carbocycles. The van der Waals surface area contributed by atoms with Crippen LogP contribution in [0.3, 0.4) is 0 Å². The summed E-state index contributed by atoms with van der Waals surface area (Å²) in [5.74, 6) is 1.82. The summed E-state index contributed by atoms with van der Waals surface area (Å²) in [4.78, 5) is 15.0. The molecule has 5 nitrogen and oxygen atoms in total. The fraction of sp³-hybridized carbons (Fsp3) is 0.250. The maximum absolute atomic E-state index is 5.03. The van der Waals surface area contributed by atoms with Gasteiger partial charge in [0.25, 0.3) is 0 Å². The first-order valence-corrected chi connectivity index (χ1v) is 11.8. The van der Waals surface area contributed by atoms with E-state index in [9.17, 15) is 0 Å². The molecule has 0 aliphatic heterocycles. The third-order valence-corrected chi connectivity index (χ3v) is 6.48. The van der Waals surface area contributed by atoms with Crippen LogP contribution in [0, 0.1) is 5.92 Å². The number of nitrogens with zero attached hydrogens (tertiary/aromatic N) is 5. The lowest BCUT2D eigenvalue weighted by atomic mass is 10.1. The molecule has 0 bridgehead atoms. The molecule has 3 heterocycles. The van der Waals surface area contributed by atoms with Crippen molar-refractivity contribution in [2.75, 3.05) is 0 Å². The fourth-order valence-electron chi connectivity index (χ4n) is 4.79. The number of hydrogen-bond acceptors (Lipinski definition) is 3. The first-order valence-electron chi connectivity index (χ1n) is 11.8. The topological polar surface area (TPSA) is 48.5 Å². The molecule has 5 heteroatoms. The maximum Gasteiger partial charge on any atom is 0.160 e. The molecule has 0 saturated carbocycles. The van der Waals surface area contributed by atoms with Gasteiger partial charge in [-0.3, -0.25) is 0 Å². The van der Waals surface area contributed by atoms with Gasteiger partial charge in [-0.25, -0.2) is 15.0 Å². The van der Waals surface area contributed by atoms with Crippen molar-refractivity contribution in [3.8, 4) is 0 Å². The van der Waals surface area contributed by atoms with E-state index < -0.39 is 0 Å². The average Bonchev–Trinajstić information content (AvgIpc) is 3.35. The molecule has 33 heavy (non-hydrogen) atoms. The normalized spacial score (nSPS) is 12.1. The Bertz CT molecular complexity index is 1610. The highest BCUT2D eigenvalue weighted by molar-refractivity contribution is 6.06. The quantitative estimate of drug-likeness (QED) is 0.306. The number of fused-ring (bicyclic) bond motifs is 5. The average molecular weight is 434 g/mol. The highest BCUT2D eigenvalue weighted by Gasteiger charge is 2.16. The van der Waals surface area contributed by atoms with Crippen molar-refractivity contribution in [3.05, 3.63) is 78.6 Å². The van der Waals surface area contributed by atoms with E-state index in [4.69, 9.17) is 15.0 Å². The summed E-state index contributed by atoms with van der Waals surface area (Å²) in [6, 6.07) is 25.1. The van der Waals surface area contributed by atoms with Crippen molar-refractivity contribution < 1.29 is 0 Å². The van der Waals surface area contributed by atoms with Gasteiger partial charge >= 0.3 is 0 Å². The van der Waals surface area contributed by atoms with Crippen LogP contribution in [0.5, 0.6) is 0 Å². The Balaban J connectivity index is 1.47. The van der Waals surface area contributed by atoms with Crippen LogP contribution in [0.25, 0.3) is 44.1 Å². The first kappa shape index (κ1) is 19.9. The molecule has 6 rings (SSSR count). The van der Waals surface area contributed by atoms with Crippen LogP contribution in [-0.4, -0.2) is 24.1 Å². The lowest BCUT2D eigenvalue weighted by Gasteiger charge is -2.12. The van der Waals surface area contributed by atoms with Gasteiger partial charge in [-0.15, -0.1) is 0 Å². The summed E-state index contributed by atoms with van der Waals surface area (Å²) >= 11 is 0. The molecule has 0 aliphatic rings. The molecule has 6 aromatic rings. The standard InChI is InChI=1S/C28H27N5/c1-19(2)15-16-26-29-23-12-6-8-14-25(23)32(26)17-18-33-24-13-7-3-9-20(24)27-28(33)31-22-11-5-4-10-21(22)30-27/h3-14,19H,15-18H2,1-2H3. The second-order valence-corrected chi connectivity index (χ2v) is 9.15. The van der Waals surface area contributed by atoms with Gasteiger partial charge in [-0.1, -0.05) is 56.3 Å². The minimum Gasteiger partial charge on any atom is -0.326 e. The number of aryl methyl sites for hydroxylation is 3. The first-order chi connectivity index (χ1) is 16.2. The van der Waals surface area contributed by atoms with E-state index in [1.54, 1.807) is 0 Å². The Labute approximate surface area is 192 Å². The molecule has 3 aromatic heterocycles. The van der Waals surface area contributed by atoms with Gasteiger partial charge < -0.3 is 9.13 Å². The monoisotopic (exact) mass is 433 g/mol. The fourth-order valence-corrected chi connectivity index (χ4v) is 4.79. The van der Waals surface area contributed by atoms with Gasteiger partial charge in [-0.05, 0) is 42.7 Å². The minimum atomic E-state index is 0.652. The summed E-state index contributed by atoms with van der Waals surface area (Å²) in [6.07, 6.45) is 2.13. The summed E-state index contributed by atoms with van der Waals surface area (Å²) in [5, 5.41) is 1.15. The van der Waals surface area contributed by atoms with Crippen molar-refractivity contribution in [2.45, 2.75) is 39.8 Å².